The Morgan fingerprint density at radius 1 is 1.12 bits per heavy atom. The van der Waals surface area contributed by atoms with Gasteiger partial charge in [0.15, 0.2) is 0 Å². The van der Waals surface area contributed by atoms with Gasteiger partial charge in [0, 0.05) is 50.3 Å². The SMILES string of the molecule is C#Cc1cnc(Nc2cc(NC[C@@H]3CNCCO3)c(-c3ccc(OCCOC)cc3)cn2)cn1. The monoisotopic (exact) mass is 460 g/mol. The molecule has 3 N–H and O–H groups in total. The molecule has 1 aromatic carbocycles. The number of anilines is 3. The van der Waals surface area contributed by atoms with Crippen molar-refractivity contribution in [1.82, 2.24) is 20.3 Å². The molecular weight excluding hydrogens is 432 g/mol. The highest BCUT2D eigenvalue weighted by Crippen LogP contribution is 2.31. The van der Waals surface area contributed by atoms with Gasteiger partial charge in [0.2, 0.25) is 0 Å². The van der Waals surface area contributed by atoms with Crippen LogP contribution in [0.5, 0.6) is 5.75 Å². The summed E-state index contributed by atoms with van der Waals surface area (Å²) in [5.74, 6) is 4.44. The predicted octanol–water partition coefficient (Wildman–Crippen LogP) is 2.69. The lowest BCUT2D eigenvalue weighted by molar-refractivity contribution is 0.0372. The minimum Gasteiger partial charge on any atom is -0.491 e. The Morgan fingerprint density at radius 3 is 2.68 bits per heavy atom. The molecule has 176 valence electrons. The van der Waals surface area contributed by atoms with E-state index >= 15 is 0 Å². The molecule has 0 amide bonds. The molecule has 1 saturated heterocycles. The van der Waals surface area contributed by atoms with Crippen LogP contribution in [-0.2, 0) is 9.47 Å². The molecule has 0 spiro atoms. The summed E-state index contributed by atoms with van der Waals surface area (Å²) < 4.78 is 16.6. The van der Waals surface area contributed by atoms with Crippen LogP contribution in [0.25, 0.3) is 11.1 Å². The zero-order valence-corrected chi connectivity index (χ0v) is 19.1. The summed E-state index contributed by atoms with van der Waals surface area (Å²) in [6.07, 6.45) is 10.4. The van der Waals surface area contributed by atoms with Crippen molar-refractivity contribution in [3.8, 4) is 29.2 Å². The second-order valence-corrected chi connectivity index (χ2v) is 7.61. The van der Waals surface area contributed by atoms with Gasteiger partial charge in [-0.25, -0.2) is 15.0 Å². The van der Waals surface area contributed by atoms with Crippen LogP contribution in [0.1, 0.15) is 5.69 Å². The number of aromatic nitrogens is 3. The first-order valence-corrected chi connectivity index (χ1v) is 11.1. The number of hydrogen-bond acceptors (Lipinski definition) is 9. The number of nitrogens with zero attached hydrogens (tertiary/aromatic N) is 3. The fourth-order valence-electron chi connectivity index (χ4n) is 3.45. The molecule has 0 radical (unpaired) electrons. The third-order valence-electron chi connectivity index (χ3n) is 5.21. The molecule has 2 aromatic heterocycles. The Morgan fingerprint density at radius 2 is 1.97 bits per heavy atom. The largest absolute Gasteiger partial charge is 0.491 e. The van der Waals surface area contributed by atoms with E-state index in [4.69, 9.17) is 20.6 Å². The minimum absolute atomic E-state index is 0.0879. The zero-order chi connectivity index (χ0) is 23.6. The van der Waals surface area contributed by atoms with Gasteiger partial charge >= 0.3 is 0 Å². The third kappa shape index (κ3) is 6.42. The van der Waals surface area contributed by atoms with Gasteiger partial charge in [-0.3, -0.25) is 0 Å². The number of terminal acetylenes is 1. The van der Waals surface area contributed by atoms with Gasteiger partial charge in [-0.1, -0.05) is 12.1 Å². The van der Waals surface area contributed by atoms with Crippen LogP contribution in [0.2, 0.25) is 0 Å². The highest BCUT2D eigenvalue weighted by Gasteiger charge is 2.15. The lowest BCUT2D eigenvalue weighted by Crippen LogP contribution is -2.42. The van der Waals surface area contributed by atoms with Crippen molar-refractivity contribution >= 4 is 17.3 Å². The molecule has 9 heteroatoms. The van der Waals surface area contributed by atoms with Gasteiger partial charge in [-0.2, -0.15) is 0 Å². The topological polar surface area (TPSA) is 102 Å². The van der Waals surface area contributed by atoms with E-state index in [1.807, 2.05) is 36.5 Å². The third-order valence-corrected chi connectivity index (χ3v) is 5.21. The highest BCUT2D eigenvalue weighted by atomic mass is 16.5. The Bertz CT molecular complexity index is 1090. The van der Waals surface area contributed by atoms with Crippen LogP contribution in [0.3, 0.4) is 0 Å². The van der Waals surface area contributed by atoms with Crippen molar-refractivity contribution in [2.24, 2.45) is 0 Å². The summed E-state index contributed by atoms with van der Waals surface area (Å²) in [6, 6.07) is 9.86. The van der Waals surface area contributed by atoms with E-state index in [9.17, 15) is 0 Å². The van der Waals surface area contributed by atoms with Gasteiger partial charge in [0.05, 0.1) is 31.7 Å². The summed E-state index contributed by atoms with van der Waals surface area (Å²) in [6.45, 7) is 4.11. The molecule has 1 atom stereocenters. The first-order chi connectivity index (χ1) is 16.7. The lowest BCUT2D eigenvalue weighted by Gasteiger charge is -2.25. The Hall–Kier alpha value is -3.71. The smallest absolute Gasteiger partial charge is 0.150 e. The highest BCUT2D eigenvalue weighted by molar-refractivity contribution is 5.80. The predicted molar refractivity (Wildman–Crippen MR) is 131 cm³/mol. The average molecular weight is 461 g/mol. The number of morpholine rings is 1. The molecule has 3 aromatic rings. The van der Waals surface area contributed by atoms with E-state index in [-0.39, 0.29) is 6.10 Å². The molecule has 0 saturated carbocycles. The van der Waals surface area contributed by atoms with Crippen molar-refractivity contribution in [3.05, 3.63) is 54.6 Å². The average Bonchev–Trinajstić information content (AvgIpc) is 2.89. The normalized spacial score (nSPS) is 15.4. The van der Waals surface area contributed by atoms with Crippen molar-refractivity contribution in [3.63, 3.8) is 0 Å². The van der Waals surface area contributed by atoms with E-state index in [1.165, 1.54) is 0 Å². The van der Waals surface area contributed by atoms with Gasteiger partial charge in [-0.05, 0) is 23.6 Å². The van der Waals surface area contributed by atoms with E-state index in [0.717, 1.165) is 35.7 Å². The molecule has 1 fully saturated rings. The van der Waals surface area contributed by atoms with Crippen molar-refractivity contribution < 1.29 is 14.2 Å². The number of pyridine rings is 1. The quantitative estimate of drug-likeness (QED) is 0.311. The molecule has 0 bridgehead atoms. The maximum absolute atomic E-state index is 5.84. The molecule has 4 rings (SSSR count). The lowest BCUT2D eigenvalue weighted by atomic mass is 10.1. The summed E-state index contributed by atoms with van der Waals surface area (Å²) in [5.41, 5.74) is 3.38. The maximum atomic E-state index is 5.84. The standard InChI is InChI=1S/C25H28N6O3/c1-3-19-13-29-25(17-27-19)31-24-12-23(28-15-21-14-26-8-9-33-21)22(16-30-24)18-4-6-20(7-5-18)34-11-10-32-2/h1,4-7,12-13,16-17,21,26H,8-11,14-15H2,2H3,(H2,28,29,30,31)/t21-/m0/s1. The zero-order valence-electron chi connectivity index (χ0n) is 19.1. The number of methoxy groups -OCH3 is 1. The number of hydrogen-bond donors (Lipinski definition) is 3. The second-order valence-electron chi connectivity index (χ2n) is 7.61. The number of ether oxygens (including phenoxy) is 3. The van der Waals surface area contributed by atoms with Crippen molar-refractivity contribution in [2.75, 3.05) is 57.2 Å². The van der Waals surface area contributed by atoms with E-state index in [0.29, 0.717) is 43.7 Å². The van der Waals surface area contributed by atoms with Crippen molar-refractivity contribution in [1.29, 1.82) is 0 Å². The first kappa shape index (κ1) is 23.4. The fourth-order valence-corrected chi connectivity index (χ4v) is 3.45. The van der Waals surface area contributed by atoms with Crippen molar-refractivity contribution in [2.45, 2.75) is 6.10 Å². The minimum atomic E-state index is 0.0879. The van der Waals surface area contributed by atoms with Crippen LogP contribution in [0.4, 0.5) is 17.3 Å². The molecule has 0 unspecified atom stereocenters. The molecule has 34 heavy (non-hydrogen) atoms. The van der Waals surface area contributed by atoms with Gasteiger partial charge < -0.3 is 30.2 Å². The number of benzene rings is 1. The van der Waals surface area contributed by atoms with Crippen LogP contribution in [0, 0.1) is 12.3 Å². The van der Waals surface area contributed by atoms with Crippen LogP contribution in [0.15, 0.2) is 48.9 Å². The second kappa shape index (κ2) is 12.0. The summed E-state index contributed by atoms with van der Waals surface area (Å²) in [4.78, 5) is 13.0. The van der Waals surface area contributed by atoms with Gasteiger partial charge in [0.25, 0.3) is 0 Å². The number of nitrogens with one attached hydrogen (secondary N) is 3. The van der Waals surface area contributed by atoms with E-state index < -0.39 is 0 Å². The molecule has 0 aliphatic carbocycles. The van der Waals surface area contributed by atoms with Crippen LogP contribution >= 0.6 is 0 Å². The summed E-state index contributed by atoms with van der Waals surface area (Å²) in [5, 5.41) is 10.1. The molecule has 9 nitrogen and oxygen atoms in total. The number of rotatable bonds is 10. The molecule has 3 heterocycles. The molecule has 1 aliphatic heterocycles. The fraction of sp³-hybridized carbons (Fsp3) is 0.320. The van der Waals surface area contributed by atoms with Crippen LogP contribution in [-0.4, -0.2) is 67.6 Å². The van der Waals surface area contributed by atoms with E-state index in [1.54, 1.807) is 19.5 Å². The van der Waals surface area contributed by atoms with Gasteiger partial charge in [0.1, 0.15) is 29.7 Å². The summed E-state index contributed by atoms with van der Waals surface area (Å²) >= 11 is 0. The Labute approximate surface area is 199 Å². The summed E-state index contributed by atoms with van der Waals surface area (Å²) in [7, 11) is 1.65. The maximum Gasteiger partial charge on any atom is 0.150 e. The Balaban J connectivity index is 1.54. The Kier molecular flexibility index (Phi) is 8.24. The van der Waals surface area contributed by atoms with E-state index in [2.05, 4.69) is 36.8 Å². The molecular formula is C25H28N6O3. The van der Waals surface area contributed by atoms with Crippen LogP contribution < -0.4 is 20.7 Å². The first-order valence-electron chi connectivity index (χ1n) is 11.1. The molecule has 1 aliphatic rings. The van der Waals surface area contributed by atoms with Gasteiger partial charge in [-0.15, -0.1) is 6.42 Å².